The minimum Gasteiger partial charge on any atom is -1.00 e. The average Bonchev–Trinajstić information content (AvgIpc) is 2.47. The molecule has 0 amide bonds. The van der Waals surface area contributed by atoms with Gasteiger partial charge in [0.2, 0.25) is 0 Å². The van der Waals surface area contributed by atoms with Gasteiger partial charge in [-0.2, -0.15) is 0 Å². The summed E-state index contributed by atoms with van der Waals surface area (Å²) < 4.78 is 10.9. The maximum atomic E-state index is 11.8. The lowest BCUT2D eigenvalue weighted by Crippen LogP contribution is -3.00. The highest BCUT2D eigenvalue weighted by Gasteiger charge is 2.36. The van der Waals surface area contributed by atoms with E-state index in [1.807, 2.05) is 30.3 Å². The van der Waals surface area contributed by atoms with E-state index in [0.717, 1.165) is 32.5 Å². The van der Waals surface area contributed by atoms with Crippen molar-refractivity contribution in [2.45, 2.75) is 18.9 Å². The van der Waals surface area contributed by atoms with Gasteiger partial charge < -0.3 is 21.9 Å². The lowest BCUT2D eigenvalue weighted by Gasteiger charge is -2.43. The minimum absolute atomic E-state index is 0. The molecule has 5 heteroatoms. The Morgan fingerprint density at radius 3 is 2.50 bits per heavy atom. The fourth-order valence-electron chi connectivity index (χ4n) is 2.91. The largest absolute Gasteiger partial charge is 1.00 e. The van der Waals surface area contributed by atoms with Gasteiger partial charge in [0.25, 0.3) is 0 Å². The zero-order chi connectivity index (χ0) is 13.1. The van der Waals surface area contributed by atoms with E-state index in [-0.39, 0.29) is 31.1 Å². The van der Waals surface area contributed by atoms with Crippen LogP contribution in [0.1, 0.15) is 12.8 Å². The number of hydrogen-bond acceptors (Lipinski definition) is 4. The first-order valence-electron chi connectivity index (χ1n) is 6.91. The van der Waals surface area contributed by atoms with Gasteiger partial charge in [0.15, 0.2) is 6.61 Å². The number of benzene rings is 1. The second-order valence-electron chi connectivity index (χ2n) is 5.27. The molecular formula is C15H19ClNO3-. The van der Waals surface area contributed by atoms with Gasteiger partial charge in [-0.25, -0.2) is 4.79 Å². The summed E-state index contributed by atoms with van der Waals surface area (Å²) in [6, 6.07) is 9.35. The quantitative estimate of drug-likeness (QED) is 0.648. The van der Waals surface area contributed by atoms with Gasteiger partial charge in [-0.1, -0.05) is 18.2 Å². The first-order valence-corrected chi connectivity index (χ1v) is 6.91. The molecule has 3 heterocycles. The molecule has 4 rings (SSSR count). The zero-order valence-corrected chi connectivity index (χ0v) is 12.1. The second kappa shape index (κ2) is 6.95. The van der Waals surface area contributed by atoms with Crippen molar-refractivity contribution in [3.05, 3.63) is 30.3 Å². The van der Waals surface area contributed by atoms with Gasteiger partial charge in [0.05, 0.1) is 0 Å². The van der Waals surface area contributed by atoms with Crippen LogP contribution in [-0.4, -0.2) is 43.2 Å². The van der Waals surface area contributed by atoms with Crippen LogP contribution in [0.5, 0.6) is 5.75 Å². The van der Waals surface area contributed by atoms with Crippen molar-refractivity contribution in [1.82, 2.24) is 4.90 Å². The Morgan fingerprint density at radius 2 is 1.90 bits per heavy atom. The van der Waals surface area contributed by atoms with Crippen molar-refractivity contribution in [2.75, 3.05) is 26.2 Å². The van der Waals surface area contributed by atoms with Crippen LogP contribution in [0.15, 0.2) is 30.3 Å². The molecule has 2 bridgehead atoms. The fraction of sp³-hybridized carbons (Fsp3) is 0.533. The molecular weight excluding hydrogens is 278 g/mol. The van der Waals surface area contributed by atoms with Gasteiger partial charge in [-0.3, -0.25) is 4.90 Å². The van der Waals surface area contributed by atoms with Crippen LogP contribution >= 0.6 is 0 Å². The highest BCUT2D eigenvalue weighted by Crippen LogP contribution is 2.29. The molecule has 1 unspecified atom stereocenters. The normalized spacial score (nSPS) is 27.5. The molecule has 3 aliphatic rings. The summed E-state index contributed by atoms with van der Waals surface area (Å²) in [4.78, 5) is 14.2. The molecule has 3 fully saturated rings. The zero-order valence-electron chi connectivity index (χ0n) is 11.3. The number of para-hydroxylation sites is 1. The number of carbonyl (C=O) groups excluding carboxylic acids is 1. The molecule has 1 aromatic rings. The molecule has 3 aliphatic heterocycles. The standard InChI is InChI=1S/C15H19NO3.ClH/c17-15(11-18-13-4-2-1-3-5-13)19-14-10-16-8-6-12(14)7-9-16;/h1-5,12,14H,6-11H2;1H/p-1. The van der Waals surface area contributed by atoms with Crippen LogP contribution in [-0.2, 0) is 9.53 Å². The van der Waals surface area contributed by atoms with Crippen LogP contribution < -0.4 is 17.1 Å². The number of rotatable bonds is 4. The van der Waals surface area contributed by atoms with Crippen molar-refractivity contribution < 1.29 is 26.7 Å². The van der Waals surface area contributed by atoms with E-state index in [9.17, 15) is 4.79 Å². The topological polar surface area (TPSA) is 38.8 Å². The van der Waals surface area contributed by atoms with Crippen molar-refractivity contribution in [1.29, 1.82) is 0 Å². The lowest BCUT2D eigenvalue weighted by atomic mass is 9.86. The molecule has 1 aromatic carbocycles. The smallest absolute Gasteiger partial charge is 0.344 e. The number of hydrogen-bond donors (Lipinski definition) is 0. The highest BCUT2D eigenvalue weighted by molar-refractivity contribution is 5.71. The number of fused-ring (bicyclic) bond motifs is 3. The van der Waals surface area contributed by atoms with Gasteiger partial charge in [0.1, 0.15) is 11.9 Å². The number of carbonyl (C=O) groups is 1. The molecule has 0 aliphatic carbocycles. The Kier molecular flexibility index (Phi) is 5.26. The van der Waals surface area contributed by atoms with E-state index in [0.29, 0.717) is 11.7 Å². The third kappa shape index (κ3) is 3.64. The summed E-state index contributed by atoms with van der Waals surface area (Å²) >= 11 is 0. The van der Waals surface area contributed by atoms with Gasteiger partial charge in [-0.05, 0) is 44.0 Å². The Bertz CT molecular complexity index is 432. The SMILES string of the molecule is O=C(COc1ccccc1)OC1CN2CCC1CC2.[Cl-]. The second-order valence-corrected chi connectivity index (χ2v) is 5.27. The first kappa shape index (κ1) is 15.1. The van der Waals surface area contributed by atoms with E-state index < -0.39 is 0 Å². The van der Waals surface area contributed by atoms with E-state index in [4.69, 9.17) is 9.47 Å². The Hall–Kier alpha value is -1.26. The van der Waals surface area contributed by atoms with Crippen molar-refractivity contribution in [3.8, 4) is 5.75 Å². The van der Waals surface area contributed by atoms with Gasteiger partial charge >= 0.3 is 5.97 Å². The van der Waals surface area contributed by atoms with Crippen LogP contribution in [0, 0.1) is 5.92 Å². The molecule has 1 atom stereocenters. The van der Waals surface area contributed by atoms with E-state index in [2.05, 4.69) is 4.90 Å². The molecule has 3 saturated heterocycles. The summed E-state index contributed by atoms with van der Waals surface area (Å²) in [6.07, 6.45) is 2.36. The van der Waals surface area contributed by atoms with E-state index in [1.165, 1.54) is 0 Å². The van der Waals surface area contributed by atoms with Gasteiger partial charge in [0, 0.05) is 6.54 Å². The number of piperidine rings is 3. The highest BCUT2D eigenvalue weighted by atomic mass is 35.5. The third-order valence-electron chi connectivity index (χ3n) is 3.98. The molecule has 0 radical (unpaired) electrons. The number of ether oxygens (including phenoxy) is 2. The molecule has 0 aromatic heterocycles. The van der Waals surface area contributed by atoms with Crippen molar-refractivity contribution in [3.63, 3.8) is 0 Å². The molecule has 0 spiro atoms. The summed E-state index contributed by atoms with van der Waals surface area (Å²) in [5.74, 6) is 0.988. The monoisotopic (exact) mass is 296 g/mol. The maximum Gasteiger partial charge on any atom is 0.344 e. The van der Waals surface area contributed by atoms with Crippen molar-refractivity contribution in [2.24, 2.45) is 5.92 Å². The molecule has 0 N–H and O–H groups in total. The third-order valence-corrected chi connectivity index (χ3v) is 3.98. The predicted molar refractivity (Wildman–Crippen MR) is 71.0 cm³/mol. The molecule has 110 valence electrons. The molecule has 4 nitrogen and oxygen atoms in total. The van der Waals surface area contributed by atoms with Gasteiger partial charge in [-0.15, -0.1) is 0 Å². The van der Waals surface area contributed by atoms with Crippen LogP contribution in [0.25, 0.3) is 0 Å². The van der Waals surface area contributed by atoms with E-state index in [1.54, 1.807) is 0 Å². The fourth-order valence-corrected chi connectivity index (χ4v) is 2.91. The Balaban J connectivity index is 0.00000147. The van der Waals surface area contributed by atoms with Crippen LogP contribution in [0.2, 0.25) is 0 Å². The first-order chi connectivity index (χ1) is 9.31. The molecule has 20 heavy (non-hydrogen) atoms. The lowest BCUT2D eigenvalue weighted by molar-refractivity contribution is -0.161. The van der Waals surface area contributed by atoms with Crippen LogP contribution in [0.4, 0.5) is 0 Å². The molecule has 0 saturated carbocycles. The summed E-state index contributed by atoms with van der Waals surface area (Å²) in [7, 11) is 0. The summed E-state index contributed by atoms with van der Waals surface area (Å²) in [5.41, 5.74) is 0. The van der Waals surface area contributed by atoms with E-state index >= 15 is 0 Å². The van der Waals surface area contributed by atoms with Crippen molar-refractivity contribution >= 4 is 5.97 Å². The maximum absolute atomic E-state index is 11.8. The Morgan fingerprint density at radius 1 is 1.20 bits per heavy atom. The number of esters is 1. The Labute approximate surface area is 125 Å². The summed E-state index contributed by atoms with van der Waals surface area (Å²) in [6.45, 7) is 3.19. The number of nitrogens with zero attached hydrogens (tertiary/aromatic N) is 1. The number of halogens is 1. The minimum atomic E-state index is -0.261. The average molecular weight is 297 g/mol. The van der Waals surface area contributed by atoms with Crippen LogP contribution in [0.3, 0.4) is 0 Å². The summed E-state index contributed by atoms with van der Waals surface area (Å²) in [5, 5.41) is 0. The predicted octanol–water partition coefficient (Wildman–Crippen LogP) is -1.29.